The first-order valence-electron chi connectivity index (χ1n) is 5.37. The molecule has 0 amide bonds. The van der Waals surface area contributed by atoms with Crippen LogP contribution in [0.15, 0.2) is 28.2 Å². The Labute approximate surface area is 96.9 Å². The standard InChI is InChI=1S/C13H18N2O/c1-10(2)14-9-15-13-6-5-11(3)7-12(13)8-16-4/h5-7,10H,8H2,1-4H3. The van der Waals surface area contributed by atoms with Gasteiger partial charge in [0.05, 0.1) is 24.3 Å². The minimum absolute atomic E-state index is 0.222. The first-order valence-corrected chi connectivity index (χ1v) is 5.37. The number of rotatable bonds is 4. The van der Waals surface area contributed by atoms with Crippen molar-refractivity contribution in [2.45, 2.75) is 33.4 Å². The molecule has 0 atom stereocenters. The lowest BCUT2D eigenvalue weighted by atomic mass is 10.1. The van der Waals surface area contributed by atoms with Gasteiger partial charge in [0.25, 0.3) is 0 Å². The second-order valence-electron chi connectivity index (χ2n) is 4.00. The highest BCUT2D eigenvalue weighted by molar-refractivity contribution is 5.56. The van der Waals surface area contributed by atoms with Gasteiger partial charge in [-0.25, -0.2) is 4.99 Å². The van der Waals surface area contributed by atoms with Gasteiger partial charge in [-0.3, -0.25) is 0 Å². The van der Waals surface area contributed by atoms with Crippen LogP contribution >= 0.6 is 0 Å². The highest BCUT2D eigenvalue weighted by atomic mass is 16.5. The summed E-state index contributed by atoms with van der Waals surface area (Å²) < 4.78 is 5.13. The maximum atomic E-state index is 5.13. The van der Waals surface area contributed by atoms with Crippen LogP contribution in [-0.2, 0) is 11.3 Å². The Bertz CT molecular complexity index is 404. The van der Waals surface area contributed by atoms with Crippen molar-refractivity contribution < 1.29 is 4.74 Å². The summed E-state index contributed by atoms with van der Waals surface area (Å²) in [6, 6.07) is 8.99. The van der Waals surface area contributed by atoms with E-state index in [0.29, 0.717) is 6.61 Å². The number of ether oxygens (including phenoxy) is 1. The molecule has 0 aliphatic rings. The monoisotopic (exact) mass is 218 g/mol. The van der Waals surface area contributed by atoms with Gasteiger partial charge in [-0.1, -0.05) is 17.7 Å². The van der Waals surface area contributed by atoms with Crippen LogP contribution in [0.25, 0.3) is 0 Å². The molecule has 0 spiro atoms. The molecule has 3 heteroatoms. The van der Waals surface area contributed by atoms with Gasteiger partial charge < -0.3 is 4.74 Å². The topological polar surface area (TPSA) is 34.0 Å². The van der Waals surface area contributed by atoms with Gasteiger partial charge in [0, 0.05) is 12.7 Å². The molecule has 0 aliphatic carbocycles. The highest BCUT2D eigenvalue weighted by Crippen LogP contribution is 2.20. The summed E-state index contributed by atoms with van der Waals surface area (Å²) in [6.07, 6.45) is 0. The normalized spacial score (nSPS) is 10.1. The van der Waals surface area contributed by atoms with Crippen LogP contribution in [-0.4, -0.2) is 19.2 Å². The van der Waals surface area contributed by atoms with Crippen LogP contribution in [0.3, 0.4) is 0 Å². The molecule has 0 radical (unpaired) electrons. The van der Waals surface area contributed by atoms with Crippen LogP contribution < -0.4 is 0 Å². The number of nitrogens with zero attached hydrogens (tertiary/aromatic N) is 2. The van der Waals surface area contributed by atoms with E-state index in [0.717, 1.165) is 11.3 Å². The zero-order valence-electron chi connectivity index (χ0n) is 10.3. The minimum atomic E-state index is 0.222. The summed E-state index contributed by atoms with van der Waals surface area (Å²) in [5.41, 5.74) is 3.14. The third-order valence-electron chi connectivity index (χ3n) is 2.02. The van der Waals surface area contributed by atoms with E-state index in [1.165, 1.54) is 5.56 Å². The first-order chi connectivity index (χ1) is 7.63. The van der Waals surface area contributed by atoms with E-state index >= 15 is 0 Å². The summed E-state index contributed by atoms with van der Waals surface area (Å²) in [5.74, 6) is 0. The van der Waals surface area contributed by atoms with E-state index in [1.54, 1.807) is 7.11 Å². The average molecular weight is 218 g/mol. The van der Waals surface area contributed by atoms with Gasteiger partial charge in [-0.2, -0.15) is 4.99 Å². The van der Waals surface area contributed by atoms with Gasteiger partial charge in [-0.05, 0) is 26.8 Å². The van der Waals surface area contributed by atoms with Gasteiger partial charge in [0.1, 0.15) is 0 Å². The number of aliphatic imine (C=N–C) groups is 2. The summed E-state index contributed by atoms with van der Waals surface area (Å²) >= 11 is 0. The number of aryl methyl sites for hydroxylation is 1. The summed E-state index contributed by atoms with van der Waals surface area (Å²) in [4.78, 5) is 8.30. The molecule has 0 unspecified atom stereocenters. The first kappa shape index (κ1) is 12.6. The lowest BCUT2D eigenvalue weighted by Gasteiger charge is -2.04. The van der Waals surface area contributed by atoms with Crippen molar-refractivity contribution in [1.82, 2.24) is 0 Å². The molecule has 1 rings (SSSR count). The highest BCUT2D eigenvalue weighted by Gasteiger charge is 2.00. The van der Waals surface area contributed by atoms with Crippen LogP contribution in [0.5, 0.6) is 0 Å². The molecule has 0 heterocycles. The lowest BCUT2D eigenvalue weighted by molar-refractivity contribution is 0.185. The fraction of sp³-hybridized carbons (Fsp3) is 0.462. The Morgan fingerprint density at radius 3 is 2.75 bits per heavy atom. The molecule has 0 saturated carbocycles. The van der Waals surface area contributed by atoms with E-state index < -0.39 is 0 Å². The van der Waals surface area contributed by atoms with E-state index in [9.17, 15) is 0 Å². The van der Waals surface area contributed by atoms with Gasteiger partial charge >= 0.3 is 0 Å². The maximum Gasteiger partial charge on any atom is 0.0951 e. The SMILES string of the molecule is COCc1cc(C)ccc1N=C=NC(C)C. The molecule has 1 aromatic carbocycles. The van der Waals surface area contributed by atoms with Crippen molar-refractivity contribution in [2.24, 2.45) is 9.98 Å². The molecule has 0 fully saturated rings. The quantitative estimate of drug-likeness (QED) is 0.713. The Morgan fingerprint density at radius 1 is 1.38 bits per heavy atom. The molecule has 0 aliphatic heterocycles. The third kappa shape index (κ3) is 3.97. The summed E-state index contributed by atoms with van der Waals surface area (Å²) in [6.45, 7) is 6.60. The van der Waals surface area contributed by atoms with Crippen LogP contribution in [0.1, 0.15) is 25.0 Å². The zero-order valence-corrected chi connectivity index (χ0v) is 10.3. The number of hydrogen-bond donors (Lipinski definition) is 0. The molecule has 0 bridgehead atoms. The van der Waals surface area contributed by atoms with Crippen LogP contribution in [0.4, 0.5) is 5.69 Å². The molecule has 0 aromatic heterocycles. The Morgan fingerprint density at radius 2 is 2.12 bits per heavy atom. The predicted octanol–water partition coefficient (Wildman–Crippen LogP) is 3.36. The van der Waals surface area contributed by atoms with E-state index in [-0.39, 0.29) is 6.04 Å². The second kappa shape index (κ2) is 6.21. The minimum Gasteiger partial charge on any atom is -0.380 e. The van der Waals surface area contributed by atoms with E-state index in [4.69, 9.17) is 4.74 Å². The van der Waals surface area contributed by atoms with Crippen molar-refractivity contribution in [3.05, 3.63) is 29.3 Å². The van der Waals surface area contributed by atoms with E-state index in [1.807, 2.05) is 26.0 Å². The van der Waals surface area contributed by atoms with E-state index in [2.05, 4.69) is 29.0 Å². The van der Waals surface area contributed by atoms with Crippen molar-refractivity contribution >= 4 is 11.7 Å². The number of hydrogen-bond acceptors (Lipinski definition) is 3. The van der Waals surface area contributed by atoms with Gasteiger partial charge in [-0.15, -0.1) is 0 Å². The van der Waals surface area contributed by atoms with Gasteiger partial charge in [0.2, 0.25) is 0 Å². The average Bonchev–Trinajstić information content (AvgIpc) is 2.21. The molecule has 3 nitrogen and oxygen atoms in total. The molecular weight excluding hydrogens is 200 g/mol. The molecule has 0 saturated heterocycles. The van der Waals surface area contributed by atoms with Crippen molar-refractivity contribution in [3.8, 4) is 0 Å². The third-order valence-corrected chi connectivity index (χ3v) is 2.02. The summed E-state index contributed by atoms with van der Waals surface area (Å²) in [5, 5.41) is 0. The predicted molar refractivity (Wildman–Crippen MR) is 66.6 cm³/mol. The second-order valence-corrected chi connectivity index (χ2v) is 4.00. The molecular formula is C13H18N2O. The summed E-state index contributed by atoms with van der Waals surface area (Å²) in [7, 11) is 1.68. The fourth-order valence-corrected chi connectivity index (χ4v) is 1.29. The molecule has 16 heavy (non-hydrogen) atoms. The Balaban J connectivity index is 2.98. The largest absolute Gasteiger partial charge is 0.380 e. The van der Waals surface area contributed by atoms with Crippen molar-refractivity contribution in [2.75, 3.05) is 7.11 Å². The van der Waals surface area contributed by atoms with Crippen molar-refractivity contribution in [1.29, 1.82) is 0 Å². The molecule has 0 N–H and O–H groups in total. The van der Waals surface area contributed by atoms with Crippen LogP contribution in [0, 0.1) is 6.92 Å². The lowest BCUT2D eigenvalue weighted by Crippen LogP contribution is -1.89. The van der Waals surface area contributed by atoms with Gasteiger partial charge in [0.15, 0.2) is 0 Å². The zero-order chi connectivity index (χ0) is 12.0. The molecule has 86 valence electrons. The Kier molecular flexibility index (Phi) is 4.90. The fourth-order valence-electron chi connectivity index (χ4n) is 1.29. The van der Waals surface area contributed by atoms with Crippen molar-refractivity contribution in [3.63, 3.8) is 0 Å². The smallest absolute Gasteiger partial charge is 0.0951 e. The number of benzene rings is 1. The maximum absolute atomic E-state index is 5.13. The van der Waals surface area contributed by atoms with Crippen LogP contribution in [0.2, 0.25) is 0 Å². The number of methoxy groups -OCH3 is 1. The molecule has 1 aromatic rings. The Hall–Kier alpha value is -1.44.